The van der Waals surface area contributed by atoms with Crippen molar-refractivity contribution in [1.29, 1.82) is 5.26 Å². The highest BCUT2D eigenvalue weighted by Gasteiger charge is 2.26. The molecular formula is C17H22N4O5. The number of carbonyl (C=O) groups is 2. The predicted octanol–water partition coefficient (Wildman–Crippen LogP) is -0.468. The summed E-state index contributed by atoms with van der Waals surface area (Å²) in [6.45, 7) is 3.62. The van der Waals surface area contributed by atoms with E-state index in [1.165, 1.54) is 11.7 Å². The summed E-state index contributed by atoms with van der Waals surface area (Å²) in [6, 6.07) is 0.967. The third-order valence-corrected chi connectivity index (χ3v) is 4.27. The van der Waals surface area contributed by atoms with Crippen molar-refractivity contribution in [1.82, 2.24) is 14.5 Å². The summed E-state index contributed by atoms with van der Waals surface area (Å²) in [5.74, 6) is -1.14. The fourth-order valence-electron chi connectivity index (χ4n) is 3.10. The van der Waals surface area contributed by atoms with E-state index < -0.39 is 35.7 Å². The fourth-order valence-corrected chi connectivity index (χ4v) is 3.10. The molecule has 1 N–H and O–H groups in total. The van der Waals surface area contributed by atoms with Crippen molar-refractivity contribution >= 4 is 11.9 Å². The Morgan fingerprint density at radius 3 is 2.62 bits per heavy atom. The second-order valence-electron chi connectivity index (χ2n) is 6.64. The number of aromatic nitrogens is 2. The third-order valence-electron chi connectivity index (χ3n) is 4.27. The molecule has 1 aliphatic heterocycles. The van der Waals surface area contributed by atoms with E-state index in [0.29, 0.717) is 31.5 Å². The first-order valence-electron chi connectivity index (χ1n) is 8.44. The minimum absolute atomic E-state index is 0.110. The number of hydrogen-bond donors (Lipinski definition) is 1. The number of ether oxygens (including phenoxy) is 1. The average Bonchev–Trinajstić information content (AvgIpc) is 3.07. The van der Waals surface area contributed by atoms with Crippen LogP contribution in [-0.4, -0.2) is 34.2 Å². The topological polar surface area (TPSA) is 123 Å². The predicted molar refractivity (Wildman–Crippen MR) is 91.4 cm³/mol. The maximum Gasteiger partial charge on any atom is 0.331 e. The molecule has 9 nitrogen and oxygen atoms in total. The Kier molecular flexibility index (Phi) is 5.97. The summed E-state index contributed by atoms with van der Waals surface area (Å²) in [6.07, 6.45) is 1.51. The first-order valence-corrected chi connectivity index (χ1v) is 8.44. The maximum atomic E-state index is 12.5. The summed E-state index contributed by atoms with van der Waals surface area (Å²) in [7, 11) is 1.22. The smallest absolute Gasteiger partial charge is 0.331 e. The van der Waals surface area contributed by atoms with Gasteiger partial charge in [0, 0.05) is 12.2 Å². The quantitative estimate of drug-likeness (QED) is 0.683. The Morgan fingerprint density at radius 2 is 2.04 bits per heavy atom. The zero-order chi connectivity index (χ0) is 19.4. The van der Waals surface area contributed by atoms with Gasteiger partial charge in [0.25, 0.3) is 5.56 Å². The van der Waals surface area contributed by atoms with E-state index in [9.17, 15) is 24.4 Å². The maximum absolute atomic E-state index is 12.5. The van der Waals surface area contributed by atoms with Gasteiger partial charge in [-0.2, -0.15) is 5.26 Å². The number of hydrogen-bond acceptors (Lipinski definition) is 6. The van der Waals surface area contributed by atoms with Crippen LogP contribution >= 0.6 is 0 Å². The van der Waals surface area contributed by atoms with Crippen LogP contribution in [0.1, 0.15) is 37.9 Å². The van der Waals surface area contributed by atoms with Crippen molar-refractivity contribution in [2.45, 2.75) is 52.2 Å². The summed E-state index contributed by atoms with van der Waals surface area (Å²) < 4.78 is 6.78. The minimum atomic E-state index is -0.865. The lowest BCUT2D eigenvalue weighted by Crippen LogP contribution is -2.48. The molecular weight excluding hydrogens is 340 g/mol. The number of nitrogens with one attached hydrogen (secondary N) is 1. The van der Waals surface area contributed by atoms with E-state index in [0.717, 1.165) is 4.57 Å². The third kappa shape index (κ3) is 3.85. The summed E-state index contributed by atoms with van der Waals surface area (Å²) in [5.41, 5.74) is -1.08. The van der Waals surface area contributed by atoms with E-state index in [1.807, 2.05) is 19.9 Å². The SMILES string of the molecule is COC(=O)[C@@H](CC(C)C)NC(=O)Cn1c(=O)c(C#N)c2n(c1=O)CCC2. The van der Waals surface area contributed by atoms with Gasteiger partial charge in [-0.25, -0.2) is 14.2 Å². The van der Waals surface area contributed by atoms with Gasteiger partial charge >= 0.3 is 11.7 Å². The highest BCUT2D eigenvalue weighted by Crippen LogP contribution is 2.13. The minimum Gasteiger partial charge on any atom is -0.467 e. The Balaban J connectivity index is 2.30. The first kappa shape index (κ1) is 19.4. The van der Waals surface area contributed by atoms with Gasteiger partial charge in [0.15, 0.2) is 0 Å². The average molecular weight is 362 g/mol. The molecule has 2 rings (SSSR count). The van der Waals surface area contributed by atoms with Crippen LogP contribution < -0.4 is 16.6 Å². The van der Waals surface area contributed by atoms with Crippen LogP contribution in [-0.2, 0) is 33.8 Å². The van der Waals surface area contributed by atoms with Gasteiger partial charge in [0.1, 0.15) is 24.2 Å². The van der Waals surface area contributed by atoms with Crippen LogP contribution in [0.3, 0.4) is 0 Å². The summed E-state index contributed by atoms with van der Waals surface area (Å²) in [4.78, 5) is 49.0. The van der Waals surface area contributed by atoms with Crippen molar-refractivity contribution in [3.05, 3.63) is 32.1 Å². The number of amides is 1. The molecule has 2 heterocycles. The highest BCUT2D eigenvalue weighted by molar-refractivity contribution is 5.84. The van der Waals surface area contributed by atoms with Crippen LogP contribution in [0.25, 0.3) is 0 Å². The molecule has 0 aliphatic carbocycles. The number of nitriles is 1. The second kappa shape index (κ2) is 7.99. The van der Waals surface area contributed by atoms with Crippen molar-refractivity contribution in [2.75, 3.05) is 7.11 Å². The van der Waals surface area contributed by atoms with Crippen molar-refractivity contribution in [2.24, 2.45) is 5.92 Å². The van der Waals surface area contributed by atoms with E-state index in [2.05, 4.69) is 10.1 Å². The van der Waals surface area contributed by atoms with Crippen LogP contribution in [0.2, 0.25) is 0 Å². The lowest BCUT2D eigenvalue weighted by molar-refractivity contribution is -0.145. The lowest BCUT2D eigenvalue weighted by Gasteiger charge is -2.18. The van der Waals surface area contributed by atoms with Crippen molar-refractivity contribution < 1.29 is 14.3 Å². The van der Waals surface area contributed by atoms with Gasteiger partial charge < -0.3 is 10.1 Å². The Bertz CT molecular complexity index is 875. The van der Waals surface area contributed by atoms with Crippen molar-refractivity contribution in [3.63, 3.8) is 0 Å². The van der Waals surface area contributed by atoms with Gasteiger partial charge in [-0.3, -0.25) is 14.2 Å². The number of methoxy groups -OCH3 is 1. The Labute approximate surface area is 150 Å². The van der Waals surface area contributed by atoms with E-state index in [-0.39, 0.29) is 11.5 Å². The Hall–Kier alpha value is -2.89. The molecule has 1 amide bonds. The number of nitrogens with zero attached hydrogens (tertiary/aromatic N) is 3. The molecule has 1 aliphatic rings. The van der Waals surface area contributed by atoms with Gasteiger partial charge in [0.05, 0.1) is 7.11 Å². The lowest BCUT2D eigenvalue weighted by atomic mass is 10.0. The second-order valence-corrected chi connectivity index (χ2v) is 6.64. The summed E-state index contributed by atoms with van der Waals surface area (Å²) >= 11 is 0. The Morgan fingerprint density at radius 1 is 1.35 bits per heavy atom. The van der Waals surface area contributed by atoms with Crippen LogP contribution in [0, 0.1) is 17.2 Å². The van der Waals surface area contributed by atoms with E-state index >= 15 is 0 Å². The van der Waals surface area contributed by atoms with Crippen LogP contribution in [0.4, 0.5) is 0 Å². The van der Waals surface area contributed by atoms with Gasteiger partial charge in [-0.15, -0.1) is 0 Å². The largest absolute Gasteiger partial charge is 0.467 e. The number of fused-ring (bicyclic) bond motifs is 1. The molecule has 0 radical (unpaired) electrons. The van der Waals surface area contributed by atoms with Crippen LogP contribution in [0.15, 0.2) is 9.59 Å². The number of rotatable bonds is 6. The van der Waals surface area contributed by atoms with E-state index in [1.54, 1.807) is 0 Å². The van der Waals surface area contributed by atoms with Gasteiger partial charge in [-0.05, 0) is 25.2 Å². The summed E-state index contributed by atoms with van der Waals surface area (Å²) in [5, 5.41) is 11.7. The molecule has 0 unspecified atom stereocenters. The zero-order valence-corrected chi connectivity index (χ0v) is 15.1. The molecule has 0 spiro atoms. The molecule has 1 aromatic heterocycles. The molecule has 0 aromatic carbocycles. The molecule has 1 aromatic rings. The zero-order valence-electron chi connectivity index (χ0n) is 15.1. The van der Waals surface area contributed by atoms with E-state index in [4.69, 9.17) is 0 Å². The molecule has 0 saturated carbocycles. The number of carbonyl (C=O) groups excluding carboxylic acids is 2. The highest BCUT2D eigenvalue weighted by atomic mass is 16.5. The first-order chi connectivity index (χ1) is 12.3. The number of esters is 1. The standard InChI is InChI=1S/C17H22N4O5/c1-10(2)7-12(16(24)26-3)19-14(22)9-21-15(23)11(8-18)13-5-4-6-20(13)17(21)25/h10,12H,4-7,9H2,1-3H3,(H,19,22)/t12-/m1/s1. The monoisotopic (exact) mass is 362 g/mol. The van der Waals surface area contributed by atoms with Gasteiger partial charge in [0.2, 0.25) is 5.91 Å². The molecule has 0 fully saturated rings. The van der Waals surface area contributed by atoms with Gasteiger partial charge in [-0.1, -0.05) is 13.8 Å². The molecule has 26 heavy (non-hydrogen) atoms. The molecule has 1 atom stereocenters. The molecule has 9 heteroatoms. The normalized spacial score (nSPS) is 13.8. The molecule has 140 valence electrons. The molecule has 0 saturated heterocycles. The molecule has 0 bridgehead atoms. The van der Waals surface area contributed by atoms with Crippen LogP contribution in [0.5, 0.6) is 0 Å². The van der Waals surface area contributed by atoms with Crippen molar-refractivity contribution in [3.8, 4) is 6.07 Å². The fraction of sp³-hybridized carbons (Fsp3) is 0.588.